The Balaban J connectivity index is 2.24. The molecule has 6 nitrogen and oxygen atoms in total. The Morgan fingerprint density at radius 1 is 1.47 bits per heavy atom. The fourth-order valence-electron chi connectivity index (χ4n) is 2.22. The van der Waals surface area contributed by atoms with Gasteiger partial charge in [-0.3, -0.25) is 9.59 Å². The zero-order valence-electron chi connectivity index (χ0n) is 10.8. The van der Waals surface area contributed by atoms with Crippen molar-refractivity contribution in [2.45, 2.75) is 26.1 Å². The minimum atomic E-state index is -0.484. The van der Waals surface area contributed by atoms with E-state index in [1.807, 2.05) is 13.8 Å². The maximum Gasteiger partial charge on any atom is 0.265 e. The largest absolute Gasteiger partial charge is 0.372 e. The molecule has 2 atom stereocenters. The number of aromatic amines is 1. The van der Waals surface area contributed by atoms with Gasteiger partial charge in [-0.15, -0.1) is 0 Å². The zero-order valence-corrected chi connectivity index (χ0v) is 10.8. The van der Waals surface area contributed by atoms with Gasteiger partial charge in [0.25, 0.3) is 11.5 Å². The lowest BCUT2D eigenvalue weighted by Gasteiger charge is -2.35. The third-order valence-electron chi connectivity index (χ3n) is 2.98. The fourth-order valence-corrected chi connectivity index (χ4v) is 2.22. The van der Waals surface area contributed by atoms with Crippen molar-refractivity contribution in [2.24, 2.45) is 0 Å². The molecule has 19 heavy (non-hydrogen) atoms. The number of carbonyl (C=O) groups is 1. The van der Waals surface area contributed by atoms with Gasteiger partial charge < -0.3 is 14.6 Å². The number of hydrogen-bond donors (Lipinski definition) is 1. The summed E-state index contributed by atoms with van der Waals surface area (Å²) in [6.45, 7) is 4.82. The number of aromatic nitrogens is 1. The van der Waals surface area contributed by atoms with Crippen molar-refractivity contribution in [3.8, 4) is 6.07 Å². The lowest BCUT2D eigenvalue weighted by Crippen LogP contribution is -2.48. The second-order valence-corrected chi connectivity index (χ2v) is 4.71. The highest BCUT2D eigenvalue weighted by molar-refractivity contribution is 5.94. The van der Waals surface area contributed by atoms with E-state index in [4.69, 9.17) is 10.00 Å². The molecule has 1 fully saturated rings. The van der Waals surface area contributed by atoms with Gasteiger partial charge in [-0.25, -0.2) is 0 Å². The van der Waals surface area contributed by atoms with Crippen LogP contribution >= 0.6 is 0 Å². The number of carbonyl (C=O) groups excluding carboxylic acids is 1. The zero-order chi connectivity index (χ0) is 14.0. The number of nitrogens with zero attached hydrogens (tertiary/aromatic N) is 2. The van der Waals surface area contributed by atoms with Crippen LogP contribution in [0.2, 0.25) is 0 Å². The Morgan fingerprint density at radius 2 is 2.11 bits per heavy atom. The number of rotatable bonds is 1. The van der Waals surface area contributed by atoms with Gasteiger partial charge in [-0.2, -0.15) is 5.26 Å². The highest BCUT2D eigenvalue weighted by Gasteiger charge is 2.26. The molecule has 0 radical (unpaired) electrons. The molecule has 1 aliphatic heterocycles. The van der Waals surface area contributed by atoms with Crippen molar-refractivity contribution >= 4 is 5.91 Å². The molecule has 2 heterocycles. The van der Waals surface area contributed by atoms with E-state index in [0.29, 0.717) is 18.7 Å². The third kappa shape index (κ3) is 2.83. The van der Waals surface area contributed by atoms with Crippen molar-refractivity contribution < 1.29 is 9.53 Å². The first kappa shape index (κ1) is 13.3. The van der Waals surface area contributed by atoms with Crippen LogP contribution in [0, 0.1) is 11.3 Å². The van der Waals surface area contributed by atoms with Gasteiger partial charge in [0.1, 0.15) is 11.6 Å². The number of morpholine rings is 1. The Bertz CT molecular complexity index is 578. The van der Waals surface area contributed by atoms with Crippen LogP contribution in [0.5, 0.6) is 0 Å². The summed E-state index contributed by atoms with van der Waals surface area (Å²) < 4.78 is 5.56. The predicted molar refractivity (Wildman–Crippen MR) is 67.7 cm³/mol. The molecule has 0 spiro atoms. The summed E-state index contributed by atoms with van der Waals surface area (Å²) in [6, 6.07) is 3.10. The molecule has 100 valence electrons. The van der Waals surface area contributed by atoms with E-state index < -0.39 is 5.56 Å². The maximum absolute atomic E-state index is 12.3. The Morgan fingerprint density at radius 3 is 2.68 bits per heavy atom. The summed E-state index contributed by atoms with van der Waals surface area (Å²) in [5.74, 6) is -0.199. The normalized spacial score (nSPS) is 22.9. The summed E-state index contributed by atoms with van der Waals surface area (Å²) >= 11 is 0. The smallest absolute Gasteiger partial charge is 0.265 e. The highest BCUT2D eigenvalue weighted by atomic mass is 16.5. The van der Waals surface area contributed by atoms with E-state index in [1.54, 1.807) is 11.0 Å². The number of nitriles is 1. The van der Waals surface area contributed by atoms with E-state index >= 15 is 0 Å². The molecule has 0 unspecified atom stereocenters. The van der Waals surface area contributed by atoms with E-state index in [0.717, 1.165) is 0 Å². The molecule has 6 heteroatoms. The molecule has 0 aliphatic carbocycles. The minimum absolute atomic E-state index is 0.0223. The van der Waals surface area contributed by atoms with E-state index in [-0.39, 0.29) is 23.7 Å². The molecule has 1 N–H and O–H groups in total. The summed E-state index contributed by atoms with van der Waals surface area (Å²) in [7, 11) is 0. The second kappa shape index (κ2) is 5.24. The fraction of sp³-hybridized carbons (Fsp3) is 0.462. The molecule has 0 aromatic carbocycles. The van der Waals surface area contributed by atoms with Crippen LogP contribution in [0.4, 0.5) is 0 Å². The first-order chi connectivity index (χ1) is 9.01. The number of nitrogens with one attached hydrogen (secondary N) is 1. The lowest BCUT2D eigenvalue weighted by molar-refractivity contribution is -0.0586. The van der Waals surface area contributed by atoms with Crippen molar-refractivity contribution in [1.29, 1.82) is 5.26 Å². The molecule has 2 rings (SSSR count). The summed E-state index contributed by atoms with van der Waals surface area (Å²) in [5, 5.41) is 8.80. The van der Waals surface area contributed by atoms with Gasteiger partial charge in [0, 0.05) is 19.3 Å². The summed E-state index contributed by atoms with van der Waals surface area (Å²) in [6.07, 6.45) is 1.30. The minimum Gasteiger partial charge on any atom is -0.372 e. The van der Waals surface area contributed by atoms with Gasteiger partial charge in [-0.05, 0) is 19.9 Å². The van der Waals surface area contributed by atoms with E-state index in [9.17, 15) is 9.59 Å². The standard InChI is InChI=1S/C13H15N3O3/c1-8-6-16(7-9(2)19-8)13(18)11-3-10(4-14)12(17)15-5-11/h3,5,8-9H,6-7H2,1-2H3,(H,15,17)/t8-,9+. The van der Waals surface area contributed by atoms with E-state index in [2.05, 4.69) is 4.98 Å². The average Bonchev–Trinajstić information content (AvgIpc) is 2.37. The van der Waals surface area contributed by atoms with Gasteiger partial charge >= 0.3 is 0 Å². The molecule has 1 saturated heterocycles. The molecule has 0 saturated carbocycles. The molecular weight excluding hydrogens is 246 g/mol. The number of ether oxygens (including phenoxy) is 1. The molecule has 1 aromatic rings. The average molecular weight is 261 g/mol. The monoisotopic (exact) mass is 261 g/mol. The van der Waals surface area contributed by atoms with Crippen LogP contribution in [0.1, 0.15) is 29.8 Å². The molecular formula is C13H15N3O3. The SMILES string of the molecule is C[C@@H]1CN(C(=O)c2c[nH]c(=O)c(C#N)c2)C[C@H](C)O1. The van der Waals surface area contributed by atoms with Crippen LogP contribution in [-0.4, -0.2) is 41.1 Å². The third-order valence-corrected chi connectivity index (χ3v) is 2.98. The van der Waals surface area contributed by atoms with Gasteiger partial charge in [0.05, 0.1) is 17.8 Å². The lowest BCUT2D eigenvalue weighted by atomic mass is 10.1. The number of amides is 1. The number of pyridine rings is 1. The highest BCUT2D eigenvalue weighted by Crippen LogP contribution is 2.13. The van der Waals surface area contributed by atoms with E-state index in [1.165, 1.54) is 12.3 Å². The van der Waals surface area contributed by atoms with Crippen LogP contribution < -0.4 is 5.56 Å². The first-order valence-electron chi connectivity index (χ1n) is 6.09. The van der Waals surface area contributed by atoms with Gasteiger partial charge in [-0.1, -0.05) is 0 Å². The van der Waals surface area contributed by atoms with Crippen molar-refractivity contribution in [3.05, 3.63) is 33.7 Å². The number of H-pyrrole nitrogens is 1. The van der Waals surface area contributed by atoms with Crippen LogP contribution in [0.3, 0.4) is 0 Å². The summed E-state index contributed by atoms with van der Waals surface area (Å²) in [4.78, 5) is 27.7. The maximum atomic E-state index is 12.3. The number of hydrogen-bond acceptors (Lipinski definition) is 4. The van der Waals surface area contributed by atoms with Crippen molar-refractivity contribution in [2.75, 3.05) is 13.1 Å². The van der Waals surface area contributed by atoms with Crippen LogP contribution in [0.15, 0.2) is 17.1 Å². The molecule has 1 aromatic heterocycles. The van der Waals surface area contributed by atoms with Crippen molar-refractivity contribution in [1.82, 2.24) is 9.88 Å². The van der Waals surface area contributed by atoms with Crippen LogP contribution in [-0.2, 0) is 4.74 Å². The molecule has 0 bridgehead atoms. The molecule has 1 amide bonds. The van der Waals surface area contributed by atoms with Gasteiger partial charge in [0.15, 0.2) is 0 Å². The van der Waals surface area contributed by atoms with Crippen molar-refractivity contribution in [3.63, 3.8) is 0 Å². The second-order valence-electron chi connectivity index (χ2n) is 4.71. The Kier molecular flexibility index (Phi) is 3.67. The first-order valence-corrected chi connectivity index (χ1v) is 6.09. The Hall–Kier alpha value is -2.13. The topological polar surface area (TPSA) is 86.2 Å². The molecule has 1 aliphatic rings. The van der Waals surface area contributed by atoms with Gasteiger partial charge in [0.2, 0.25) is 0 Å². The quantitative estimate of drug-likeness (QED) is 0.797. The Labute approximate surface area is 110 Å². The van der Waals surface area contributed by atoms with Crippen LogP contribution in [0.25, 0.3) is 0 Å². The predicted octanol–water partition coefficient (Wildman–Crippen LogP) is 0.496. The summed E-state index contributed by atoms with van der Waals surface area (Å²) in [5.41, 5.74) is -0.222.